The molecule has 3 aromatic rings. The second-order valence-electron chi connectivity index (χ2n) is 5.51. The molecule has 0 unspecified atom stereocenters. The number of rotatable bonds is 8. The molecule has 0 radical (unpaired) electrons. The number of aromatic nitrogens is 6. The first kappa shape index (κ1) is 19.2. The fourth-order valence-corrected chi connectivity index (χ4v) is 2.27. The molecule has 0 bridgehead atoms. The fraction of sp³-hybridized carbons (Fsp3) is 0.294. The zero-order valence-corrected chi connectivity index (χ0v) is 15.3. The maximum absolute atomic E-state index is 11.8. The number of carbonyl (C=O) groups excluding carboxylic acids is 2. The van der Waals surface area contributed by atoms with E-state index >= 15 is 0 Å². The largest absolute Gasteiger partial charge is 0.463 e. The molecule has 0 atom stereocenters. The highest BCUT2D eigenvalue weighted by Gasteiger charge is 2.20. The van der Waals surface area contributed by atoms with Crippen LogP contribution in [0.15, 0.2) is 36.5 Å². The Morgan fingerprint density at radius 3 is 2.64 bits per heavy atom. The molecule has 0 aliphatic carbocycles. The molecule has 11 nitrogen and oxygen atoms in total. The number of hydrogen-bond donors (Lipinski definition) is 0. The Kier molecular flexibility index (Phi) is 6.07. The number of benzene rings is 1. The van der Waals surface area contributed by atoms with Crippen LogP contribution in [-0.4, -0.2) is 62.0 Å². The molecule has 0 aliphatic rings. The summed E-state index contributed by atoms with van der Waals surface area (Å²) in [6.45, 7) is 1.55. The van der Waals surface area contributed by atoms with Crippen molar-refractivity contribution in [1.29, 1.82) is 0 Å². The molecular formula is C17H18N6O5. The van der Waals surface area contributed by atoms with Crippen LogP contribution in [0.3, 0.4) is 0 Å². The molecule has 0 aliphatic heterocycles. The number of para-hydroxylation sites is 1. The van der Waals surface area contributed by atoms with Crippen LogP contribution >= 0.6 is 0 Å². The predicted molar refractivity (Wildman–Crippen MR) is 94.3 cm³/mol. The van der Waals surface area contributed by atoms with Crippen LogP contribution in [0.2, 0.25) is 0 Å². The van der Waals surface area contributed by atoms with Crippen LogP contribution in [-0.2, 0) is 25.7 Å². The van der Waals surface area contributed by atoms with Gasteiger partial charge >= 0.3 is 11.9 Å². The second-order valence-corrected chi connectivity index (χ2v) is 5.51. The van der Waals surface area contributed by atoms with E-state index in [4.69, 9.17) is 9.47 Å². The molecule has 0 saturated heterocycles. The minimum atomic E-state index is -0.685. The van der Waals surface area contributed by atoms with Gasteiger partial charge in [0.1, 0.15) is 13.3 Å². The van der Waals surface area contributed by atoms with Crippen LogP contribution in [0.5, 0.6) is 0 Å². The molecule has 2 aromatic heterocycles. The van der Waals surface area contributed by atoms with Gasteiger partial charge in [0.05, 0.1) is 25.6 Å². The van der Waals surface area contributed by atoms with Gasteiger partial charge < -0.3 is 14.2 Å². The van der Waals surface area contributed by atoms with E-state index in [1.165, 1.54) is 18.7 Å². The molecular weight excluding hydrogens is 368 g/mol. The maximum atomic E-state index is 11.8. The van der Waals surface area contributed by atoms with Gasteiger partial charge in [-0.15, -0.1) is 10.2 Å². The van der Waals surface area contributed by atoms with E-state index in [1.807, 2.05) is 30.3 Å². The Balaban J connectivity index is 1.80. The lowest BCUT2D eigenvalue weighted by Crippen LogP contribution is -2.12. The quantitative estimate of drug-likeness (QED) is 0.409. The van der Waals surface area contributed by atoms with Crippen molar-refractivity contribution in [2.45, 2.75) is 13.7 Å². The second kappa shape index (κ2) is 8.86. The molecule has 146 valence electrons. The van der Waals surface area contributed by atoms with Crippen LogP contribution in [0.25, 0.3) is 17.2 Å². The Hall–Kier alpha value is -3.60. The van der Waals surface area contributed by atoms with Gasteiger partial charge in [0, 0.05) is 6.92 Å². The SMILES string of the molecule is COC(=O)c1nc(-c2cn(-c3ccccc3)nn2)n(COCCOC(C)=O)n1. The van der Waals surface area contributed by atoms with Gasteiger partial charge in [-0.3, -0.25) is 4.79 Å². The van der Waals surface area contributed by atoms with Gasteiger partial charge in [-0.25, -0.2) is 14.2 Å². The smallest absolute Gasteiger partial charge is 0.377 e. The van der Waals surface area contributed by atoms with Crippen molar-refractivity contribution in [1.82, 2.24) is 29.8 Å². The third kappa shape index (κ3) is 4.57. The lowest BCUT2D eigenvalue weighted by atomic mass is 10.3. The monoisotopic (exact) mass is 386 g/mol. The Labute approximate surface area is 159 Å². The van der Waals surface area contributed by atoms with Gasteiger partial charge in [-0.1, -0.05) is 23.4 Å². The van der Waals surface area contributed by atoms with Gasteiger partial charge in [-0.2, -0.15) is 4.98 Å². The third-order valence-corrected chi connectivity index (χ3v) is 3.53. The average molecular weight is 386 g/mol. The van der Waals surface area contributed by atoms with Gasteiger partial charge in [0.25, 0.3) is 5.82 Å². The first-order valence-corrected chi connectivity index (χ1v) is 8.31. The zero-order chi connectivity index (χ0) is 19.9. The number of esters is 2. The summed E-state index contributed by atoms with van der Waals surface area (Å²) in [5.74, 6) is -0.920. The summed E-state index contributed by atoms with van der Waals surface area (Å²) in [6, 6.07) is 9.41. The van der Waals surface area contributed by atoms with E-state index in [-0.39, 0.29) is 31.6 Å². The summed E-state index contributed by atoms with van der Waals surface area (Å²) < 4.78 is 17.8. The lowest BCUT2D eigenvalue weighted by Gasteiger charge is -2.06. The van der Waals surface area contributed by atoms with Crippen molar-refractivity contribution in [3.8, 4) is 17.2 Å². The number of hydrogen-bond acceptors (Lipinski definition) is 9. The van der Waals surface area contributed by atoms with E-state index in [2.05, 4.69) is 25.1 Å². The molecule has 11 heteroatoms. The Bertz CT molecular complexity index is 952. The molecule has 0 fully saturated rings. The first-order chi connectivity index (χ1) is 13.6. The molecule has 0 spiro atoms. The van der Waals surface area contributed by atoms with E-state index < -0.39 is 11.9 Å². The summed E-state index contributed by atoms with van der Waals surface area (Å²) in [5, 5.41) is 12.3. The van der Waals surface area contributed by atoms with Crippen molar-refractivity contribution in [3.05, 3.63) is 42.4 Å². The van der Waals surface area contributed by atoms with Crippen LogP contribution in [0.4, 0.5) is 0 Å². The van der Waals surface area contributed by atoms with Crippen LogP contribution < -0.4 is 0 Å². The van der Waals surface area contributed by atoms with E-state index in [0.29, 0.717) is 5.69 Å². The van der Waals surface area contributed by atoms with Gasteiger partial charge in [-0.05, 0) is 12.1 Å². The number of carbonyl (C=O) groups is 2. The highest BCUT2D eigenvalue weighted by Crippen LogP contribution is 2.17. The lowest BCUT2D eigenvalue weighted by molar-refractivity contribution is -0.142. The summed E-state index contributed by atoms with van der Waals surface area (Å²) in [5.41, 5.74) is 1.22. The van der Waals surface area contributed by atoms with E-state index in [0.717, 1.165) is 5.69 Å². The Morgan fingerprint density at radius 1 is 1.14 bits per heavy atom. The summed E-state index contributed by atoms with van der Waals surface area (Å²) in [6.07, 6.45) is 1.66. The highest BCUT2D eigenvalue weighted by molar-refractivity contribution is 5.85. The topological polar surface area (TPSA) is 123 Å². The number of methoxy groups -OCH3 is 1. The molecule has 0 N–H and O–H groups in total. The Morgan fingerprint density at radius 2 is 1.93 bits per heavy atom. The number of nitrogens with zero attached hydrogens (tertiary/aromatic N) is 6. The fourth-order valence-electron chi connectivity index (χ4n) is 2.27. The summed E-state index contributed by atoms with van der Waals surface area (Å²) in [7, 11) is 1.24. The molecule has 28 heavy (non-hydrogen) atoms. The molecule has 2 heterocycles. The van der Waals surface area contributed by atoms with Crippen LogP contribution in [0, 0.1) is 0 Å². The van der Waals surface area contributed by atoms with Crippen LogP contribution in [0.1, 0.15) is 17.5 Å². The molecule has 0 amide bonds. The van der Waals surface area contributed by atoms with E-state index in [9.17, 15) is 9.59 Å². The third-order valence-electron chi connectivity index (χ3n) is 3.53. The molecule has 1 aromatic carbocycles. The van der Waals surface area contributed by atoms with E-state index in [1.54, 1.807) is 10.9 Å². The van der Waals surface area contributed by atoms with Gasteiger partial charge in [0.15, 0.2) is 11.5 Å². The molecule has 0 saturated carbocycles. The van der Waals surface area contributed by atoms with Crippen molar-refractivity contribution in [2.75, 3.05) is 20.3 Å². The highest BCUT2D eigenvalue weighted by atomic mass is 16.6. The molecule has 3 rings (SSSR count). The van der Waals surface area contributed by atoms with Crippen molar-refractivity contribution in [2.24, 2.45) is 0 Å². The van der Waals surface area contributed by atoms with Crippen molar-refractivity contribution in [3.63, 3.8) is 0 Å². The average Bonchev–Trinajstić information content (AvgIpc) is 3.35. The minimum Gasteiger partial charge on any atom is -0.463 e. The predicted octanol–water partition coefficient (Wildman–Crippen LogP) is 0.850. The zero-order valence-electron chi connectivity index (χ0n) is 15.3. The normalized spacial score (nSPS) is 10.6. The first-order valence-electron chi connectivity index (χ1n) is 8.31. The maximum Gasteiger partial charge on any atom is 0.377 e. The number of ether oxygens (including phenoxy) is 3. The summed E-state index contributed by atoms with van der Waals surface area (Å²) >= 11 is 0. The van der Waals surface area contributed by atoms with Crippen molar-refractivity contribution >= 4 is 11.9 Å². The van der Waals surface area contributed by atoms with Crippen molar-refractivity contribution < 1.29 is 23.8 Å². The van der Waals surface area contributed by atoms with Gasteiger partial charge in [0.2, 0.25) is 0 Å². The standard InChI is InChI=1S/C17H18N6O5/c1-12(24)28-9-8-27-11-23-16(18-15(20-23)17(25)26-2)14-10-22(21-19-14)13-6-4-3-5-7-13/h3-7,10H,8-9,11H2,1-2H3. The summed E-state index contributed by atoms with van der Waals surface area (Å²) in [4.78, 5) is 26.7. The minimum absolute atomic E-state index is 0.0290.